The molecule has 0 bridgehead atoms. The highest BCUT2D eigenvalue weighted by Crippen LogP contribution is 2.22. The summed E-state index contributed by atoms with van der Waals surface area (Å²) in [6.07, 6.45) is 0. The maximum atomic E-state index is 12.3. The highest BCUT2D eigenvalue weighted by molar-refractivity contribution is 7.89. The second-order valence-corrected chi connectivity index (χ2v) is 6.78. The molecule has 1 rings (SSSR count). The van der Waals surface area contributed by atoms with Crippen molar-refractivity contribution in [2.75, 3.05) is 13.2 Å². The molecular weight excluding hydrogens is 276 g/mol. The SMILES string of the molecule is CCOc1ccc(S(=O)(=O)NC(CN)C(C)C)cc1C. The zero-order valence-corrected chi connectivity index (χ0v) is 13.3. The van der Waals surface area contributed by atoms with Crippen LogP contribution >= 0.6 is 0 Å². The van der Waals surface area contributed by atoms with E-state index in [9.17, 15) is 8.42 Å². The number of rotatable bonds is 7. The average Bonchev–Trinajstić information content (AvgIpc) is 2.38. The van der Waals surface area contributed by atoms with Gasteiger partial charge in [-0.05, 0) is 43.5 Å². The summed E-state index contributed by atoms with van der Waals surface area (Å²) in [5.74, 6) is 0.837. The molecule has 114 valence electrons. The Kier molecular flexibility index (Phi) is 5.98. The van der Waals surface area contributed by atoms with Crippen LogP contribution in [0.4, 0.5) is 0 Å². The lowest BCUT2D eigenvalue weighted by Gasteiger charge is -2.20. The van der Waals surface area contributed by atoms with Crippen molar-refractivity contribution in [3.8, 4) is 5.75 Å². The number of sulfonamides is 1. The first kappa shape index (κ1) is 16.9. The van der Waals surface area contributed by atoms with Crippen molar-refractivity contribution in [2.24, 2.45) is 11.7 Å². The van der Waals surface area contributed by atoms with Gasteiger partial charge in [-0.25, -0.2) is 13.1 Å². The summed E-state index contributed by atoms with van der Waals surface area (Å²) < 4.78 is 32.7. The summed E-state index contributed by atoms with van der Waals surface area (Å²) in [7, 11) is -3.56. The summed E-state index contributed by atoms with van der Waals surface area (Å²) in [4.78, 5) is 0.234. The number of hydrogen-bond donors (Lipinski definition) is 2. The Morgan fingerprint density at radius 1 is 1.35 bits per heavy atom. The lowest BCUT2D eigenvalue weighted by Crippen LogP contribution is -2.43. The molecule has 5 nitrogen and oxygen atoms in total. The summed E-state index contributed by atoms with van der Waals surface area (Å²) >= 11 is 0. The molecule has 20 heavy (non-hydrogen) atoms. The van der Waals surface area contributed by atoms with E-state index < -0.39 is 10.0 Å². The van der Waals surface area contributed by atoms with Crippen LogP contribution in [0.15, 0.2) is 23.1 Å². The molecule has 0 spiro atoms. The van der Waals surface area contributed by atoms with Crippen LogP contribution in [-0.4, -0.2) is 27.6 Å². The predicted molar refractivity (Wildman–Crippen MR) is 80.3 cm³/mol. The molecule has 1 unspecified atom stereocenters. The molecule has 0 radical (unpaired) electrons. The molecule has 1 aromatic rings. The van der Waals surface area contributed by atoms with Gasteiger partial charge in [-0.2, -0.15) is 0 Å². The molecule has 0 aliphatic heterocycles. The van der Waals surface area contributed by atoms with E-state index in [-0.39, 0.29) is 23.4 Å². The highest BCUT2D eigenvalue weighted by atomic mass is 32.2. The topological polar surface area (TPSA) is 81.4 Å². The minimum absolute atomic E-state index is 0.138. The fourth-order valence-corrected chi connectivity index (χ4v) is 3.31. The maximum Gasteiger partial charge on any atom is 0.240 e. The Morgan fingerprint density at radius 3 is 2.45 bits per heavy atom. The molecule has 0 aliphatic carbocycles. The van der Waals surface area contributed by atoms with Gasteiger partial charge in [-0.1, -0.05) is 13.8 Å². The van der Waals surface area contributed by atoms with Crippen molar-refractivity contribution in [3.63, 3.8) is 0 Å². The average molecular weight is 300 g/mol. The lowest BCUT2D eigenvalue weighted by molar-refractivity contribution is 0.337. The fourth-order valence-electron chi connectivity index (χ4n) is 1.83. The molecule has 6 heteroatoms. The molecule has 3 N–H and O–H groups in total. The van der Waals surface area contributed by atoms with Crippen LogP contribution in [0.1, 0.15) is 26.3 Å². The zero-order valence-electron chi connectivity index (χ0n) is 12.5. The third-order valence-corrected chi connectivity index (χ3v) is 4.61. The van der Waals surface area contributed by atoms with Crippen LogP contribution < -0.4 is 15.2 Å². The predicted octanol–water partition coefficient (Wildman–Crippen LogP) is 1.66. The van der Waals surface area contributed by atoms with E-state index in [1.165, 1.54) is 0 Å². The molecule has 0 heterocycles. The molecule has 0 fully saturated rings. The third-order valence-electron chi connectivity index (χ3n) is 3.12. The Labute approximate surface area is 121 Å². The van der Waals surface area contributed by atoms with Gasteiger partial charge < -0.3 is 10.5 Å². The van der Waals surface area contributed by atoms with Crippen LogP contribution in [0.25, 0.3) is 0 Å². The van der Waals surface area contributed by atoms with Gasteiger partial charge in [-0.3, -0.25) is 0 Å². The summed E-state index contributed by atoms with van der Waals surface area (Å²) in [6, 6.07) is 4.57. The number of hydrogen-bond acceptors (Lipinski definition) is 4. The van der Waals surface area contributed by atoms with Gasteiger partial charge in [0.1, 0.15) is 5.75 Å². The molecule has 0 aliphatic rings. The second-order valence-electron chi connectivity index (χ2n) is 5.07. The number of aryl methyl sites for hydroxylation is 1. The lowest BCUT2D eigenvalue weighted by atomic mass is 10.1. The Morgan fingerprint density at radius 2 is 2.00 bits per heavy atom. The molecule has 1 aromatic carbocycles. The van der Waals surface area contributed by atoms with Gasteiger partial charge in [0.2, 0.25) is 10.0 Å². The number of ether oxygens (including phenoxy) is 1. The standard InChI is InChI=1S/C14H24N2O3S/c1-5-19-14-7-6-12(8-11(14)4)20(17,18)16-13(9-15)10(2)3/h6-8,10,13,16H,5,9,15H2,1-4H3. The first-order valence-electron chi connectivity index (χ1n) is 6.77. The first-order valence-corrected chi connectivity index (χ1v) is 8.26. The smallest absolute Gasteiger partial charge is 0.240 e. The first-order chi connectivity index (χ1) is 9.31. The van der Waals surface area contributed by atoms with Crippen molar-refractivity contribution in [2.45, 2.75) is 38.6 Å². The quantitative estimate of drug-likeness (QED) is 0.802. The summed E-state index contributed by atoms with van der Waals surface area (Å²) in [5.41, 5.74) is 6.40. The number of benzene rings is 1. The van der Waals surface area contributed by atoms with Crippen LogP contribution in [0.3, 0.4) is 0 Å². The Hall–Kier alpha value is -1.11. The van der Waals surface area contributed by atoms with Crippen molar-refractivity contribution in [3.05, 3.63) is 23.8 Å². The van der Waals surface area contributed by atoms with Crippen LogP contribution in [0, 0.1) is 12.8 Å². The largest absolute Gasteiger partial charge is 0.494 e. The van der Waals surface area contributed by atoms with Gasteiger partial charge in [0.05, 0.1) is 11.5 Å². The van der Waals surface area contributed by atoms with Crippen LogP contribution in [0.2, 0.25) is 0 Å². The van der Waals surface area contributed by atoms with Crippen LogP contribution in [0.5, 0.6) is 5.75 Å². The van der Waals surface area contributed by atoms with Crippen molar-refractivity contribution >= 4 is 10.0 Å². The van der Waals surface area contributed by atoms with E-state index >= 15 is 0 Å². The van der Waals surface area contributed by atoms with Gasteiger partial charge >= 0.3 is 0 Å². The molecule has 0 amide bonds. The molecule has 0 aromatic heterocycles. The summed E-state index contributed by atoms with van der Waals surface area (Å²) in [6.45, 7) is 8.40. The van der Waals surface area contributed by atoms with Gasteiger partial charge in [0.15, 0.2) is 0 Å². The second kappa shape index (κ2) is 7.06. The van der Waals surface area contributed by atoms with E-state index in [0.717, 1.165) is 5.56 Å². The highest BCUT2D eigenvalue weighted by Gasteiger charge is 2.22. The van der Waals surface area contributed by atoms with Crippen LogP contribution in [-0.2, 0) is 10.0 Å². The van der Waals surface area contributed by atoms with E-state index in [2.05, 4.69) is 4.72 Å². The minimum atomic E-state index is -3.56. The molecule has 0 saturated carbocycles. The van der Waals surface area contributed by atoms with Crippen molar-refractivity contribution in [1.29, 1.82) is 0 Å². The van der Waals surface area contributed by atoms with Gasteiger partial charge in [-0.15, -0.1) is 0 Å². The van der Waals surface area contributed by atoms with E-state index in [0.29, 0.717) is 12.4 Å². The van der Waals surface area contributed by atoms with Gasteiger partial charge in [0.25, 0.3) is 0 Å². The maximum absolute atomic E-state index is 12.3. The van der Waals surface area contributed by atoms with Crippen molar-refractivity contribution in [1.82, 2.24) is 4.72 Å². The van der Waals surface area contributed by atoms with E-state index in [4.69, 9.17) is 10.5 Å². The molecular formula is C14H24N2O3S. The Bertz CT molecular complexity index is 541. The summed E-state index contributed by atoms with van der Waals surface area (Å²) in [5, 5.41) is 0. The monoisotopic (exact) mass is 300 g/mol. The number of nitrogens with one attached hydrogen (secondary N) is 1. The van der Waals surface area contributed by atoms with Gasteiger partial charge in [0, 0.05) is 12.6 Å². The van der Waals surface area contributed by atoms with E-state index in [1.807, 2.05) is 27.7 Å². The van der Waals surface area contributed by atoms with Crippen molar-refractivity contribution < 1.29 is 13.2 Å². The number of nitrogens with two attached hydrogens (primary N) is 1. The van der Waals surface area contributed by atoms with E-state index in [1.54, 1.807) is 18.2 Å². The molecule has 0 saturated heterocycles. The molecule has 1 atom stereocenters. The fraction of sp³-hybridized carbons (Fsp3) is 0.571. The minimum Gasteiger partial charge on any atom is -0.494 e. The zero-order chi connectivity index (χ0) is 15.3. The third kappa shape index (κ3) is 4.19. The Balaban J connectivity index is 3.01. The normalized spacial score (nSPS) is 13.5.